The minimum atomic E-state index is -3.83. The second-order valence-corrected chi connectivity index (χ2v) is 5.77. The van der Waals surface area contributed by atoms with Gasteiger partial charge in [0.15, 0.2) is 0 Å². The molecule has 0 saturated heterocycles. The van der Waals surface area contributed by atoms with E-state index in [-0.39, 0.29) is 23.4 Å². The first-order chi connectivity index (χ1) is 9.36. The topological polar surface area (TPSA) is 107 Å². The van der Waals surface area contributed by atoms with E-state index in [9.17, 15) is 17.6 Å². The van der Waals surface area contributed by atoms with Gasteiger partial charge in [-0.2, -0.15) is 5.26 Å². The van der Waals surface area contributed by atoms with Gasteiger partial charge in [0.25, 0.3) is 0 Å². The minimum Gasteiger partial charge on any atom is -0.481 e. The largest absolute Gasteiger partial charge is 0.481 e. The van der Waals surface area contributed by atoms with Crippen molar-refractivity contribution < 1.29 is 22.7 Å². The molecule has 2 N–H and O–H groups in total. The van der Waals surface area contributed by atoms with E-state index in [4.69, 9.17) is 10.4 Å². The highest BCUT2D eigenvalue weighted by atomic mass is 32.2. The lowest BCUT2D eigenvalue weighted by atomic mass is 10.2. The summed E-state index contributed by atoms with van der Waals surface area (Å²) in [5, 5.41) is 17.1. The average molecular weight is 300 g/mol. The Morgan fingerprint density at radius 3 is 2.70 bits per heavy atom. The number of unbranched alkanes of at least 4 members (excludes halogenated alkanes) is 1. The van der Waals surface area contributed by atoms with Crippen LogP contribution < -0.4 is 4.72 Å². The molecule has 0 atom stereocenters. The number of carboxylic acid groups (broad SMARTS) is 1. The van der Waals surface area contributed by atoms with Crippen molar-refractivity contribution in [1.29, 1.82) is 5.26 Å². The molecule has 0 amide bonds. The van der Waals surface area contributed by atoms with E-state index in [1.54, 1.807) is 6.07 Å². The fraction of sp³-hybridized carbons (Fsp3) is 0.333. The van der Waals surface area contributed by atoms with E-state index in [0.29, 0.717) is 12.8 Å². The van der Waals surface area contributed by atoms with Crippen LogP contribution in [0.15, 0.2) is 23.1 Å². The number of sulfonamides is 1. The average Bonchev–Trinajstić information content (AvgIpc) is 2.38. The van der Waals surface area contributed by atoms with E-state index in [1.165, 1.54) is 0 Å². The number of nitriles is 1. The van der Waals surface area contributed by atoms with Crippen LogP contribution in [0.25, 0.3) is 0 Å². The third-order valence-corrected chi connectivity index (χ3v) is 3.94. The summed E-state index contributed by atoms with van der Waals surface area (Å²) in [5.41, 5.74) is -0.348. The summed E-state index contributed by atoms with van der Waals surface area (Å²) in [4.78, 5) is 10.1. The predicted molar refractivity (Wildman–Crippen MR) is 67.8 cm³/mol. The summed E-state index contributed by atoms with van der Waals surface area (Å²) in [6, 6.07) is 4.50. The molecule has 0 aromatic heterocycles. The molecule has 0 saturated carbocycles. The predicted octanol–water partition coefficient (Wildman–Crippen LogP) is 1.23. The molecular formula is C12H13FN2O4S. The number of nitrogens with zero attached hydrogens (tertiary/aromatic N) is 1. The van der Waals surface area contributed by atoms with Gasteiger partial charge in [-0.05, 0) is 31.0 Å². The molecule has 0 bridgehead atoms. The van der Waals surface area contributed by atoms with Crippen LogP contribution in [-0.4, -0.2) is 26.0 Å². The van der Waals surface area contributed by atoms with Crippen molar-refractivity contribution in [2.75, 3.05) is 6.54 Å². The van der Waals surface area contributed by atoms with Crippen molar-refractivity contribution in [3.63, 3.8) is 0 Å². The number of hydrogen-bond donors (Lipinski definition) is 2. The van der Waals surface area contributed by atoms with Gasteiger partial charge in [-0.3, -0.25) is 4.79 Å². The third kappa shape index (κ3) is 4.60. The van der Waals surface area contributed by atoms with Gasteiger partial charge in [-0.15, -0.1) is 0 Å². The Morgan fingerprint density at radius 2 is 2.10 bits per heavy atom. The van der Waals surface area contributed by atoms with Crippen LogP contribution in [0, 0.1) is 17.1 Å². The third-order valence-electron chi connectivity index (χ3n) is 2.48. The highest BCUT2D eigenvalue weighted by Gasteiger charge is 2.15. The van der Waals surface area contributed by atoms with Gasteiger partial charge in [-0.1, -0.05) is 0 Å². The molecule has 0 aliphatic heterocycles. The van der Waals surface area contributed by atoms with Crippen molar-refractivity contribution in [3.8, 4) is 6.07 Å². The second-order valence-electron chi connectivity index (χ2n) is 4.00. The Hall–Kier alpha value is -1.98. The maximum atomic E-state index is 13.1. The molecule has 1 aromatic rings. The quantitative estimate of drug-likeness (QED) is 0.736. The van der Waals surface area contributed by atoms with Crippen LogP contribution in [0.5, 0.6) is 0 Å². The van der Waals surface area contributed by atoms with Gasteiger partial charge in [0, 0.05) is 13.0 Å². The van der Waals surface area contributed by atoms with Crippen molar-refractivity contribution >= 4 is 16.0 Å². The smallest absolute Gasteiger partial charge is 0.303 e. The van der Waals surface area contributed by atoms with E-state index >= 15 is 0 Å². The summed E-state index contributed by atoms with van der Waals surface area (Å²) in [7, 11) is -3.83. The number of nitrogens with one attached hydrogen (secondary N) is 1. The zero-order valence-electron chi connectivity index (χ0n) is 10.5. The zero-order chi connectivity index (χ0) is 15.2. The van der Waals surface area contributed by atoms with Crippen LogP contribution in [0.3, 0.4) is 0 Å². The minimum absolute atomic E-state index is 0.0309. The van der Waals surface area contributed by atoms with Gasteiger partial charge in [0.2, 0.25) is 10.0 Å². The second kappa shape index (κ2) is 6.98. The first-order valence-corrected chi connectivity index (χ1v) is 7.26. The number of carboxylic acids is 1. The molecule has 1 aromatic carbocycles. The van der Waals surface area contributed by atoms with Gasteiger partial charge in [0.05, 0.1) is 10.5 Å². The summed E-state index contributed by atoms with van der Waals surface area (Å²) in [5.74, 6) is -1.72. The summed E-state index contributed by atoms with van der Waals surface area (Å²) >= 11 is 0. The van der Waals surface area contributed by atoms with Crippen LogP contribution in [0.1, 0.15) is 24.8 Å². The summed E-state index contributed by atoms with van der Waals surface area (Å²) < 4.78 is 39.1. The van der Waals surface area contributed by atoms with Crippen molar-refractivity contribution in [2.45, 2.75) is 24.2 Å². The van der Waals surface area contributed by atoms with Gasteiger partial charge >= 0.3 is 5.97 Å². The SMILES string of the molecule is N#Cc1cc(S(=O)(=O)NCCCCC(=O)O)ccc1F. The molecule has 0 fully saturated rings. The molecule has 0 aliphatic carbocycles. The van der Waals surface area contributed by atoms with E-state index in [0.717, 1.165) is 18.2 Å². The number of carbonyl (C=O) groups is 1. The summed E-state index contributed by atoms with van der Waals surface area (Å²) in [6.07, 6.45) is 0.694. The molecule has 6 nitrogen and oxygen atoms in total. The molecule has 0 spiro atoms. The Kier molecular flexibility index (Phi) is 5.61. The Morgan fingerprint density at radius 1 is 1.40 bits per heavy atom. The van der Waals surface area contributed by atoms with Gasteiger partial charge in [-0.25, -0.2) is 17.5 Å². The molecule has 20 heavy (non-hydrogen) atoms. The first-order valence-electron chi connectivity index (χ1n) is 5.78. The monoisotopic (exact) mass is 300 g/mol. The van der Waals surface area contributed by atoms with E-state index < -0.39 is 21.8 Å². The lowest BCUT2D eigenvalue weighted by Crippen LogP contribution is -2.25. The molecule has 0 heterocycles. The highest BCUT2D eigenvalue weighted by Crippen LogP contribution is 2.14. The standard InChI is InChI=1S/C12H13FN2O4S/c13-11-5-4-10(7-9(11)8-14)20(18,19)15-6-2-1-3-12(16)17/h4-5,7,15H,1-3,6H2,(H,16,17). The number of rotatable bonds is 7. The normalized spacial score (nSPS) is 11.0. The van der Waals surface area contributed by atoms with E-state index in [2.05, 4.69) is 4.72 Å². The molecule has 1 rings (SSSR count). The van der Waals surface area contributed by atoms with Gasteiger partial charge in [0.1, 0.15) is 11.9 Å². The van der Waals surface area contributed by atoms with Crippen LogP contribution in [-0.2, 0) is 14.8 Å². The Labute approximate surface area is 115 Å². The number of halogens is 1. The zero-order valence-corrected chi connectivity index (χ0v) is 11.3. The number of hydrogen-bond acceptors (Lipinski definition) is 4. The fourth-order valence-corrected chi connectivity index (χ4v) is 2.55. The lowest BCUT2D eigenvalue weighted by Gasteiger charge is -2.06. The highest BCUT2D eigenvalue weighted by molar-refractivity contribution is 7.89. The molecule has 0 aliphatic rings. The molecule has 8 heteroatoms. The lowest BCUT2D eigenvalue weighted by molar-refractivity contribution is -0.137. The summed E-state index contributed by atoms with van der Waals surface area (Å²) in [6.45, 7) is 0.0783. The maximum absolute atomic E-state index is 13.1. The number of aliphatic carboxylic acids is 1. The van der Waals surface area contributed by atoms with Crippen LogP contribution >= 0.6 is 0 Å². The van der Waals surface area contributed by atoms with E-state index in [1.807, 2.05) is 0 Å². The van der Waals surface area contributed by atoms with Crippen molar-refractivity contribution in [2.24, 2.45) is 0 Å². The first kappa shape index (κ1) is 16.1. The Bertz CT molecular complexity index is 637. The molecule has 0 unspecified atom stereocenters. The molecule has 108 valence electrons. The molecular weight excluding hydrogens is 287 g/mol. The van der Waals surface area contributed by atoms with Crippen LogP contribution in [0.2, 0.25) is 0 Å². The van der Waals surface area contributed by atoms with Crippen molar-refractivity contribution in [1.82, 2.24) is 4.72 Å². The van der Waals surface area contributed by atoms with Gasteiger partial charge < -0.3 is 5.11 Å². The number of benzene rings is 1. The van der Waals surface area contributed by atoms with Crippen molar-refractivity contribution in [3.05, 3.63) is 29.6 Å². The maximum Gasteiger partial charge on any atom is 0.303 e. The Balaban J connectivity index is 2.65. The molecule has 0 radical (unpaired) electrons. The van der Waals surface area contributed by atoms with Crippen LogP contribution in [0.4, 0.5) is 4.39 Å². The fourth-order valence-electron chi connectivity index (χ4n) is 1.45.